The van der Waals surface area contributed by atoms with Gasteiger partial charge in [0, 0.05) is 19.3 Å². The predicted molar refractivity (Wildman–Crippen MR) is 75.6 cm³/mol. The number of anilines is 1. The molecule has 0 amide bonds. The monoisotopic (exact) mass is 252 g/mol. The molecule has 0 fully saturated rings. The lowest BCUT2D eigenvalue weighted by Crippen LogP contribution is -2.00. The second-order valence-corrected chi connectivity index (χ2v) is 4.30. The Balaban J connectivity index is 1.97. The van der Waals surface area contributed by atoms with Crippen LogP contribution in [0, 0.1) is 11.3 Å². The molecule has 96 valence electrons. The fraction of sp³-hybridized carbons (Fsp3) is 0.188. The molecule has 19 heavy (non-hydrogen) atoms. The van der Waals surface area contributed by atoms with Crippen LogP contribution in [0.15, 0.2) is 48.5 Å². The van der Waals surface area contributed by atoms with Gasteiger partial charge in [0.1, 0.15) is 0 Å². The Kier molecular flexibility index (Phi) is 4.54. The molecule has 1 N–H and O–H groups in total. The molecule has 0 saturated carbocycles. The fourth-order valence-corrected chi connectivity index (χ4v) is 1.86. The topological polar surface area (TPSA) is 45.0 Å². The zero-order chi connectivity index (χ0) is 13.5. The van der Waals surface area contributed by atoms with E-state index in [1.165, 1.54) is 11.1 Å². The van der Waals surface area contributed by atoms with Crippen molar-refractivity contribution in [1.29, 1.82) is 5.26 Å². The quantitative estimate of drug-likeness (QED) is 0.887. The molecule has 0 heterocycles. The molecule has 2 rings (SSSR count). The first kappa shape index (κ1) is 13.1. The Bertz CT molecular complexity index is 570. The van der Waals surface area contributed by atoms with Gasteiger partial charge in [0.15, 0.2) is 0 Å². The van der Waals surface area contributed by atoms with Crippen molar-refractivity contribution < 1.29 is 4.74 Å². The van der Waals surface area contributed by atoms with Crippen LogP contribution in [-0.2, 0) is 17.9 Å². The number of benzene rings is 2. The predicted octanol–water partition coefficient (Wildman–Crippen LogP) is 3.32. The number of rotatable bonds is 5. The highest BCUT2D eigenvalue weighted by atomic mass is 16.5. The van der Waals surface area contributed by atoms with Gasteiger partial charge in [-0.3, -0.25) is 0 Å². The minimum Gasteiger partial charge on any atom is -0.381 e. The molecular weight excluding hydrogens is 236 g/mol. The third-order valence-electron chi connectivity index (χ3n) is 2.81. The van der Waals surface area contributed by atoms with Gasteiger partial charge in [0.2, 0.25) is 0 Å². The van der Waals surface area contributed by atoms with Crippen LogP contribution in [0.1, 0.15) is 16.7 Å². The first-order chi connectivity index (χ1) is 9.31. The van der Waals surface area contributed by atoms with Crippen LogP contribution in [0.4, 0.5) is 5.69 Å². The summed E-state index contributed by atoms with van der Waals surface area (Å²) in [6.45, 7) is 1.38. The summed E-state index contributed by atoms with van der Waals surface area (Å²) in [5.74, 6) is 0. The highest BCUT2D eigenvalue weighted by Crippen LogP contribution is 2.12. The number of hydrogen-bond donors (Lipinski definition) is 1. The van der Waals surface area contributed by atoms with Gasteiger partial charge in [0.25, 0.3) is 0 Å². The Morgan fingerprint density at radius 1 is 1.11 bits per heavy atom. The van der Waals surface area contributed by atoms with E-state index in [1.807, 2.05) is 30.3 Å². The van der Waals surface area contributed by atoms with Gasteiger partial charge in [-0.15, -0.1) is 0 Å². The largest absolute Gasteiger partial charge is 0.381 e. The molecule has 0 unspecified atom stereocenters. The summed E-state index contributed by atoms with van der Waals surface area (Å²) in [7, 11) is 1.70. The molecule has 3 heteroatoms. The van der Waals surface area contributed by atoms with Crippen molar-refractivity contribution in [2.45, 2.75) is 13.2 Å². The molecule has 0 aliphatic carbocycles. The molecular formula is C16H16N2O. The summed E-state index contributed by atoms with van der Waals surface area (Å²) < 4.78 is 5.12. The number of nitrogens with one attached hydrogen (secondary N) is 1. The second kappa shape index (κ2) is 6.58. The number of hydrogen-bond acceptors (Lipinski definition) is 3. The van der Waals surface area contributed by atoms with Gasteiger partial charge >= 0.3 is 0 Å². The van der Waals surface area contributed by atoms with E-state index in [4.69, 9.17) is 10.00 Å². The van der Waals surface area contributed by atoms with Crippen molar-refractivity contribution in [2.75, 3.05) is 12.4 Å². The minimum absolute atomic E-state index is 0.630. The van der Waals surface area contributed by atoms with Crippen LogP contribution in [0.25, 0.3) is 0 Å². The lowest BCUT2D eigenvalue weighted by Gasteiger charge is -2.08. The standard InChI is InChI=1S/C16H16N2O/c1-19-12-15-4-2-3-14(9-15)11-18-16-7-5-13(10-17)6-8-16/h2-9,18H,11-12H2,1H3. The first-order valence-corrected chi connectivity index (χ1v) is 6.12. The molecule has 0 saturated heterocycles. The number of methoxy groups -OCH3 is 1. The van der Waals surface area contributed by atoms with Crippen molar-refractivity contribution in [2.24, 2.45) is 0 Å². The van der Waals surface area contributed by atoms with Gasteiger partial charge in [-0.2, -0.15) is 5.26 Å². The maximum atomic E-state index is 8.74. The van der Waals surface area contributed by atoms with Crippen molar-refractivity contribution in [3.8, 4) is 6.07 Å². The molecule has 0 aromatic heterocycles. The highest BCUT2D eigenvalue weighted by molar-refractivity contribution is 5.47. The third kappa shape index (κ3) is 3.84. The molecule has 2 aromatic rings. The van der Waals surface area contributed by atoms with Gasteiger partial charge in [-0.1, -0.05) is 24.3 Å². The van der Waals surface area contributed by atoms with Gasteiger partial charge in [-0.25, -0.2) is 0 Å². The lowest BCUT2D eigenvalue weighted by molar-refractivity contribution is 0.185. The third-order valence-corrected chi connectivity index (χ3v) is 2.81. The number of nitriles is 1. The molecule has 3 nitrogen and oxygen atoms in total. The summed E-state index contributed by atoms with van der Waals surface area (Å²) >= 11 is 0. The van der Waals surface area contributed by atoms with Crippen molar-refractivity contribution in [1.82, 2.24) is 0 Å². The molecule has 0 bridgehead atoms. The smallest absolute Gasteiger partial charge is 0.0991 e. The van der Waals surface area contributed by atoms with Crippen molar-refractivity contribution in [3.05, 3.63) is 65.2 Å². The average molecular weight is 252 g/mol. The van der Waals surface area contributed by atoms with Crippen molar-refractivity contribution >= 4 is 5.69 Å². The molecule has 0 aliphatic heterocycles. The van der Waals surface area contributed by atoms with E-state index < -0.39 is 0 Å². The van der Waals surface area contributed by atoms with Crippen LogP contribution < -0.4 is 5.32 Å². The van der Waals surface area contributed by atoms with E-state index in [2.05, 4.69) is 29.6 Å². The van der Waals surface area contributed by atoms with Crippen LogP contribution in [0.3, 0.4) is 0 Å². The van der Waals surface area contributed by atoms with Gasteiger partial charge in [0.05, 0.1) is 18.2 Å². The minimum atomic E-state index is 0.630. The summed E-state index contributed by atoms with van der Waals surface area (Å²) in [5.41, 5.74) is 4.06. The number of nitrogens with zero attached hydrogens (tertiary/aromatic N) is 1. The fourth-order valence-electron chi connectivity index (χ4n) is 1.86. The van der Waals surface area contributed by atoms with E-state index in [-0.39, 0.29) is 0 Å². The van der Waals surface area contributed by atoms with E-state index in [0.717, 1.165) is 12.2 Å². The van der Waals surface area contributed by atoms with Gasteiger partial charge in [-0.05, 0) is 35.4 Å². The van der Waals surface area contributed by atoms with Crippen LogP contribution in [0.5, 0.6) is 0 Å². The maximum absolute atomic E-state index is 8.74. The Hall–Kier alpha value is -2.31. The highest BCUT2D eigenvalue weighted by Gasteiger charge is 1.97. The van der Waals surface area contributed by atoms with Crippen LogP contribution in [-0.4, -0.2) is 7.11 Å². The second-order valence-electron chi connectivity index (χ2n) is 4.30. The van der Waals surface area contributed by atoms with E-state index in [1.54, 1.807) is 7.11 Å². The SMILES string of the molecule is COCc1cccc(CNc2ccc(C#N)cc2)c1. The van der Waals surface area contributed by atoms with Crippen molar-refractivity contribution in [3.63, 3.8) is 0 Å². The molecule has 0 radical (unpaired) electrons. The molecule has 0 spiro atoms. The average Bonchev–Trinajstić information content (AvgIpc) is 2.46. The zero-order valence-electron chi connectivity index (χ0n) is 10.9. The van der Waals surface area contributed by atoms with E-state index in [0.29, 0.717) is 12.2 Å². The normalized spacial score (nSPS) is 9.89. The Labute approximate surface area is 113 Å². The lowest BCUT2D eigenvalue weighted by atomic mass is 10.1. The molecule has 0 aliphatic rings. The Morgan fingerprint density at radius 2 is 1.84 bits per heavy atom. The van der Waals surface area contributed by atoms with Crippen LogP contribution in [0.2, 0.25) is 0 Å². The molecule has 2 aromatic carbocycles. The van der Waals surface area contributed by atoms with Crippen LogP contribution >= 0.6 is 0 Å². The van der Waals surface area contributed by atoms with Gasteiger partial charge < -0.3 is 10.1 Å². The summed E-state index contributed by atoms with van der Waals surface area (Å²) in [5, 5.41) is 12.1. The zero-order valence-corrected chi connectivity index (χ0v) is 10.9. The number of ether oxygens (including phenoxy) is 1. The summed E-state index contributed by atoms with van der Waals surface area (Å²) in [6.07, 6.45) is 0. The Morgan fingerprint density at radius 3 is 2.53 bits per heavy atom. The summed E-state index contributed by atoms with van der Waals surface area (Å²) in [4.78, 5) is 0. The van der Waals surface area contributed by atoms with E-state index >= 15 is 0 Å². The van der Waals surface area contributed by atoms with E-state index in [9.17, 15) is 0 Å². The maximum Gasteiger partial charge on any atom is 0.0991 e. The molecule has 0 atom stereocenters. The summed E-state index contributed by atoms with van der Waals surface area (Å²) in [6, 6.07) is 17.8. The first-order valence-electron chi connectivity index (χ1n) is 6.12.